The SMILES string of the molecule is CC1C=CC=C2CN(C)CCC2=C1. The minimum Gasteiger partial charge on any atom is -0.302 e. The lowest BCUT2D eigenvalue weighted by Gasteiger charge is -2.26. The Kier molecular flexibility index (Phi) is 2.36. The van der Waals surface area contributed by atoms with E-state index in [9.17, 15) is 0 Å². The van der Waals surface area contributed by atoms with Gasteiger partial charge in [-0.15, -0.1) is 0 Å². The number of piperidine rings is 1. The van der Waals surface area contributed by atoms with E-state index in [2.05, 4.69) is 43.2 Å². The summed E-state index contributed by atoms with van der Waals surface area (Å²) >= 11 is 0. The van der Waals surface area contributed by atoms with Gasteiger partial charge in [-0.25, -0.2) is 0 Å². The van der Waals surface area contributed by atoms with Crippen molar-refractivity contribution in [2.75, 3.05) is 20.1 Å². The second-order valence-corrected chi connectivity index (χ2v) is 4.12. The van der Waals surface area contributed by atoms with E-state index in [1.807, 2.05) is 0 Å². The Morgan fingerprint density at radius 2 is 2.23 bits per heavy atom. The molecule has 1 heteroatoms. The first-order valence-corrected chi connectivity index (χ1v) is 5.02. The van der Waals surface area contributed by atoms with Crippen molar-refractivity contribution in [1.29, 1.82) is 0 Å². The van der Waals surface area contributed by atoms with Crippen molar-refractivity contribution in [3.8, 4) is 0 Å². The van der Waals surface area contributed by atoms with Gasteiger partial charge >= 0.3 is 0 Å². The van der Waals surface area contributed by atoms with Crippen LogP contribution in [0.2, 0.25) is 0 Å². The molecule has 0 aromatic heterocycles. The fraction of sp³-hybridized carbons (Fsp3) is 0.500. The Morgan fingerprint density at radius 1 is 1.38 bits per heavy atom. The zero-order chi connectivity index (χ0) is 9.26. The van der Waals surface area contributed by atoms with Gasteiger partial charge in [0.15, 0.2) is 0 Å². The zero-order valence-corrected chi connectivity index (χ0v) is 8.46. The monoisotopic (exact) mass is 175 g/mol. The summed E-state index contributed by atoms with van der Waals surface area (Å²) in [5, 5.41) is 0. The van der Waals surface area contributed by atoms with Crippen LogP contribution < -0.4 is 0 Å². The third kappa shape index (κ3) is 1.92. The predicted molar refractivity (Wildman–Crippen MR) is 56.6 cm³/mol. The summed E-state index contributed by atoms with van der Waals surface area (Å²) in [7, 11) is 2.19. The van der Waals surface area contributed by atoms with Crippen molar-refractivity contribution in [3.05, 3.63) is 35.5 Å². The molecule has 0 bridgehead atoms. The van der Waals surface area contributed by atoms with Gasteiger partial charge in [0.1, 0.15) is 0 Å². The molecule has 0 amide bonds. The number of likely N-dealkylation sites (tertiary alicyclic amines) is 1. The molecule has 70 valence electrons. The van der Waals surface area contributed by atoms with Gasteiger partial charge in [0.05, 0.1) is 0 Å². The van der Waals surface area contributed by atoms with Gasteiger partial charge in [-0.2, -0.15) is 0 Å². The van der Waals surface area contributed by atoms with Crippen LogP contribution >= 0.6 is 0 Å². The topological polar surface area (TPSA) is 3.24 Å². The molecule has 2 aliphatic rings. The van der Waals surface area contributed by atoms with Gasteiger partial charge in [-0.05, 0) is 30.5 Å². The van der Waals surface area contributed by atoms with Crippen molar-refractivity contribution in [2.24, 2.45) is 5.92 Å². The molecule has 1 heterocycles. The lowest BCUT2D eigenvalue weighted by atomic mass is 9.96. The van der Waals surface area contributed by atoms with E-state index >= 15 is 0 Å². The molecule has 2 rings (SSSR count). The van der Waals surface area contributed by atoms with Crippen LogP contribution in [-0.2, 0) is 0 Å². The van der Waals surface area contributed by atoms with Gasteiger partial charge < -0.3 is 4.90 Å². The second kappa shape index (κ2) is 3.51. The first-order valence-electron chi connectivity index (χ1n) is 5.02. The molecule has 1 atom stereocenters. The minimum atomic E-state index is 0.604. The third-order valence-electron chi connectivity index (χ3n) is 2.79. The molecule has 1 fully saturated rings. The first kappa shape index (κ1) is 8.76. The van der Waals surface area contributed by atoms with Crippen LogP contribution in [0.5, 0.6) is 0 Å². The largest absolute Gasteiger partial charge is 0.302 e. The van der Waals surface area contributed by atoms with E-state index in [4.69, 9.17) is 0 Å². The average molecular weight is 175 g/mol. The summed E-state index contributed by atoms with van der Waals surface area (Å²) in [6, 6.07) is 0. The van der Waals surface area contributed by atoms with Crippen LogP contribution in [0.3, 0.4) is 0 Å². The van der Waals surface area contributed by atoms with Gasteiger partial charge in [-0.1, -0.05) is 31.2 Å². The maximum atomic E-state index is 2.41. The molecule has 0 radical (unpaired) electrons. The predicted octanol–water partition coefficient (Wildman–Crippen LogP) is 2.38. The van der Waals surface area contributed by atoms with Crippen molar-refractivity contribution in [2.45, 2.75) is 13.3 Å². The fourth-order valence-electron chi connectivity index (χ4n) is 2.01. The summed E-state index contributed by atoms with van der Waals surface area (Å²) in [5.74, 6) is 0.604. The molecule has 0 aromatic rings. The first-order chi connectivity index (χ1) is 6.25. The summed E-state index contributed by atoms with van der Waals surface area (Å²) < 4.78 is 0. The fourth-order valence-corrected chi connectivity index (χ4v) is 2.01. The van der Waals surface area contributed by atoms with Gasteiger partial charge in [0.2, 0.25) is 0 Å². The number of hydrogen-bond donors (Lipinski definition) is 0. The van der Waals surface area contributed by atoms with Crippen LogP contribution in [0.1, 0.15) is 13.3 Å². The van der Waals surface area contributed by atoms with E-state index < -0.39 is 0 Å². The quantitative estimate of drug-likeness (QED) is 0.546. The van der Waals surface area contributed by atoms with Crippen LogP contribution in [0.4, 0.5) is 0 Å². The van der Waals surface area contributed by atoms with Crippen LogP contribution in [0, 0.1) is 5.92 Å². The molecule has 1 saturated heterocycles. The molecule has 0 N–H and O–H groups in total. The van der Waals surface area contributed by atoms with E-state index in [1.54, 1.807) is 5.57 Å². The lowest BCUT2D eigenvalue weighted by Crippen LogP contribution is -2.28. The Bertz CT molecular complexity index is 283. The second-order valence-electron chi connectivity index (χ2n) is 4.12. The molecule has 0 aromatic carbocycles. The van der Waals surface area contributed by atoms with E-state index in [0.29, 0.717) is 5.92 Å². The van der Waals surface area contributed by atoms with E-state index in [-0.39, 0.29) is 0 Å². The summed E-state index contributed by atoms with van der Waals surface area (Å²) in [6.45, 7) is 4.57. The highest BCUT2D eigenvalue weighted by molar-refractivity contribution is 5.39. The van der Waals surface area contributed by atoms with Crippen LogP contribution in [-0.4, -0.2) is 25.0 Å². The maximum absolute atomic E-state index is 2.41. The molecule has 0 spiro atoms. The highest BCUT2D eigenvalue weighted by Crippen LogP contribution is 2.25. The Morgan fingerprint density at radius 3 is 3.08 bits per heavy atom. The molecule has 1 aliphatic heterocycles. The number of hydrogen-bond acceptors (Lipinski definition) is 1. The number of likely N-dealkylation sites (N-methyl/N-ethyl adjacent to an activating group) is 1. The number of fused-ring (bicyclic) bond motifs is 1. The van der Waals surface area contributed by atoms with Crippen molar-refractivity contribution in [1.82, 2.24) is 4.90 Å². The highest BCUT2D eigenvalue weighted by atomic mass is 15.1. The Labute approximate surface area is 80.4 Å². The molecule has 1 unspecified atom stereocenters. The van der Waals surface area contributed by atoms with Gasteiger partial charge in [0, 0.05) is 13.1 Å². The smallest absolute Gasteiger partial charge is 0.0233 e. The van der Waals surface area contributed by atoms with Crippen molar-refractivity contribution >= 4 is 0 Å². The molecular weight excluding hydrogens is 158 g/mol. The normalized spacial score (nSPS) is 28.9. The average Bonchev–Trinajstić information content (AvgIpc) is 2.25. The van der Waals surface area contributed by atoms with Crippen molar-refractivity contribution < 1.29 is 0 Å². The molecule has 13 heavy (non-hydrogen) atoms. The van der Waals surface area contributed by atoms with Gasteiger partial charge in [0.25, 0.3) is 0 Å². The van der Waals surface area contributed by atoms with E-state index in [1.165, 1.54) is 18.5 Å². The number of nitrogens with zero attached hydrogens (tertiary/aromatic N) is 1. The maximum Gasteiger partial charge on any atom is 0.0233 e. The summed E-state index contributed by atoms with van der Waals surface area (Å²) in [4.78, 5) is 2.38. The number of rotatable bonds is 0. The summed E-state index contributed by atoms with van der Waals surface area (Å²) in [6.07, 6.45) is 10.3. The van der Waals surface area contributed by atoms with Crippen LogP contribution in [0.25, 0.3) is 0 Å². The van der Waals surface area contributed by atoms with E-state index in [0.717, 1.165) is 6.54 Å². The highest BCUT2D eigenvalue weighted by Gasteiger charge is 2.16. The molecular formula is C12H17N. The van der Waals surface area contributed by atoms with Crippen LogP contribution in [0.15, 0.2) is 35.5 Å². The molecule has 1 aliphatic carbocycles. The molecule has 0 saturated carbocycles. The standard InChI is InChI=1S/C12H17N/c1-10-4-3-5-12-9-13(2)7-6-11(12)8-10/h3-5,8,10H,6-7,9H2,1-2H3. The zero-order valence-electron chi connectivity index (χ0n) is 8.46. The Balaban J connectivity index is 2.25. The lowest BCUT2D eigenvalue weighted by molar-refractivity contribution is 0.347. The minimum absolute atomic E-state index is 0.604. The third-order valence-corrected chi connectivity index (χ3v) is 2.79. The number of allylic oxidation sites excluding steroid dienone is 4. The van der Waals surface area contributed by atoms with Crippen molar-refractivity contribution in [3.63, 3.8) is 0 Å². The Hall–Kier alpha value is -0.820. The summed E-state index contributed by atoms with van der Waals surface area (Å²) in [5.41, 5.74) is 3.07. The van der Waals surface area contributed by atoms with Gasteiger partial charge in [-0.3, -0.25) is 0 Å². The molecule has 1 nitrogen and oxygen atoms in total.